The molecule has 90 valence electrons. The second kappa shape index (κ2) is 6.02. The number of rotatable bonds is 5. The zero-order valence-corrected chi connectivity index (χ0v) is 10.7. The molecule has 0 aliphatic rings. The van der Waals surface area contributed by atoms with E-state index in [1.54, 1.807) is 7.11 Å². The fraction of sp³-hybridized carbons (Fsp3) is 0.571. The molecular weight excluding hydrogens is 200 g/mol. The lowest BCUT2D eigenvalue weighted by molar-refractivity contribution is 0.0616. The maximum atomic E-state index is 5.50. The van der Waals surface area contributed by atoms with Crippen molar-refractivity contribution in [3.63, 3.8) is 0 Å². The number of hydrogen-bond acceptors (Lipinski definition) is 2. The maximum absolute atomic E-state index is 5.50. The summed E-state index contributed by atoms with van der Waals surface area (Å²) in [5.41, 5.74) is 2.77. The van der Waals surface area contributed by atoms with Gasteiger partial charge in [-0.15, -0.1) is 0 Å². The van der Waals surface area contributed by atoms with E-state index in [2.05, 4.69) is 45.0 Å². The topological polar surface area (TPSA) is 18.5 Å². The predicted octanol–water partition coefficient (Wildman–Crippen LogP) is 3.15. The average Bonchev–Trinajstić information content (AvgIpc) is 2.24. The summed E-state index contributed by atoms with van der Waals surface area (Å²) in [5.74, 6) is 0. The van der Waals surface area contributed by atoms with Gasteiger partial charge in [-0.2, -0.15) is 0 Å². The van der Waals surface area contributed by atoms with Crippen LogP contribution in [0.3, 0.4) is 0 Å². The molecule has 0 bridgehead atoms. The standard InChI is InChI=1S/C14H22O2/c1-14(2,3)13-7-5-6-12(10-13)11-16-9-8-15-4/h5-7,10H,8-9,11H2,1-4H3. The Bertz CT molecular complexity index is 313. The average molecular weight is 222 g/mol. The van der Waals surface area contributed by atoms with Crippen LogP contribution in [-0.4, -0.2) is 20.3 Å². The van der Waals surface area contributed by atoms with Crippen molar-refractivity contribution in [3.05, 3.63) is 35.4 Å². The van der Waals surface area contributed by atoms with E-state index in [0.29, 0.717) is 19.8 Å². The van der Waals surface area contributed by atoms with Crippen LogP contribution in [-0.2, 0) is 21.5 Å². The van der Waals surface area contributed by atoms with E-state index in [-0.39, 0.29) is 5.41 Å². The Morgan fingerprint density at radius 2 is 1.88 bits per heavy atom. The fourth-order valence-corrected chi connectivity index (χ4v) is 1.46. The van der Waals surface area contributed by atoms with Crippen LogP contribution < -0.4 is 0 Å². The summed E-state index contributed by atoms with van der Waals surface area (Å²) in [6.07, 6.45) is 0. The van der Waals surface area contributed by atoms with E-state index < -0.39 is 0 Å². The first-order valence-corrected chi connectivity index (χ1v) is 5.70. The van der Waals surface area contributed by atoms with Gasteiger partial charge < -0.3 is 9.47 Å². The van der Waals surface area contributed by atoms with Crippen LogP contribution in [0.4, 0.5) is 0 Å². The Kier molecular flexibility index (Phi) is 4.97. The minimum absolute atomic E-state index is 0.197. The third-order valence-corrected chi connectivity index (χ3v) is 2.49. The van der Waals surface area contributed by atoms with Gasteiger partial charge in [0.15, 0.2) is 0 Å². The normalized spacial score (nSPS) is 11.8. The molecule has 0 saturated carbocycles. The summed E-state index contributed by atoms with van der Waals surface area (Å²) in [4.78, 5) is 0. The molecule has 1 aromatic rings. The monoisotopic (exact) mass is 222 g/mol. The molecule has 0 N–H and O–H groups in total. The van der Waals surface area contributed by atoms with Crippen molar-refractivity contribution in [1.82, 2.24) is 0 Å². The maximum Gasteiger partial charge on any atom is 0.0718 e. The van der Waals surface area contributed by atoms with E-state index in [0.717, 1.165) is 0 Å². The first kappa shape index (κ1) is 13.2. The van der Waals surface area contributed by atoms with Gasteiger partial charge in [-0.25, -0.2) is 0 Å². The van der Waals surface area contributed by atoms with E-state index in [1.807, 2.05) is 0 Å². The second-order valence-corrected chi connectivity index (χ2v) is 5.00. The molecule has 0 aliphatic heterocycles. The van der Waals surface area contributed by atoms with Gasteiger partial charge in [0.1, 0.15) is 0 Å². The lowest BCUT2D eigenvalue weighted by Crippen LogP contribution is -2.11. The Labute approximate surface area is 98.6 Å². The van der Waals surface area contributed by atoms with E-state index >= 15 is 0 Å². The summed E-state index contributed by atoms with van der Waals surface area (Å²) in [5, 5.41) is 0. The molecular formula is C14H22O2. The molecule has 0 fully saturated rings. The van der Waals surface area contributed by atoms with Crippen LogP contribution in [0.2, 0.25) is 0 Å². The molecule has 1 aromatic carbocycles. The van der Waals surface area contributed by atoms with Crippen LogP contribution in [0, 0.1) is 0 Å². The molecule has 0 heterocycles. The first-order valence-electron chi connectivity index (χ1n) is 5.70. The van der Waals surface area contributed by atoms with E-state index in [9.17, 15) is 0 Å². The van der Waals surface area contributed by atoms with Gasteiger partial charge in [-0.05, 0) is 16.5 Å². The van der Waals surface area contributed by atoms with Crippen molar-refractivity contribution in [3.8, 4) is 0 Å². The van der Waals surface area contributed by atoms with Gasteiger partial charge in [0.05, 0.1) is 19.8 Å². The van der Waals surface area contributed by atoms with Crippen LogP contribution >= 0.6 is 0 Å². The summed E-state index contributed by atoms with van der Waals surface area (Å²) in [6, 6.07) is 8.57. The summed E-state index contributed by atoms with van der Waals surface area (Å²) < 4.78 is 10.4. The molecule has 0 unspecified atom stereocenters. The number of hydrogen-bond donors (Lipinski definition) is 0. The first-order chi connectivity index (χ1) is 7.54. The molecule has 16 heavy (non-hydrogen) atoms. The van der Waals surface area contributed by atoms with Gasteiger partial charge in [-0.3, -0.25) is 0 Å². The second-order valence-electron chi connectivity index (χ2n) is 5.00. The zero-order valence-electron chi connectivity index (χ0n) is 10.7. The Balaban J connectivity index is 2.54. The molecule has 1 rings (SSSR count). The molecule has 0 amide bonds. The number of methoxy groups -OCH3 is 1. The van der Waals surface area contributed by atoms with Crippen molar-refractivity contribution in [1.29, 1.82) is 0 Å². The number of ether oxygens (including phenoxy) is 2. The third-order valence-electron chi connectivity index (χ3n) is 2.49. The van der Waals surface area contributed by atoms with Gasteiger partial charge >= 0.3 is 0 Å². The molecule has 0 spiro atoms. The fourth-order valence-electron chi connectivity index (χ4n) is 1.46. The van der Waals surface area contributed by atoms with Crippen LogP contribution in [0.25, 0.3) is 0 Å². The van der Waals surface area contributed by atoms with E-state index in [4.69, 9.17) is 9.47 Å². The minimum Gasteiger partial charge on any atom is -0.382 e. The highest BCUT2D eigenvalue weighted by Crippen LogP contribution is 2.22. The van der Waals surface area contributed by atoms with E-state index in [1.165, 1.54) is 11.1 Å². The molecule has 2 nitrogen and oxygen atoms in total. The lowest BCUT2D eigenvalue weighted by Gasteiger charge is -2.19. The van der Waals surface area contributed by atoms with Crippen molar-refractivity contribution < 1.29 is 9.47 Å². The molecule has 0 aliphatic carbocycles. The van der Waals surface area contributed by atoms with Crippen molar-refractivity contribution in [2.45, 2.75) is 32.8 Å². The minimum atomic E-state index is 0.197. The van der Waals surface area contributed by atoms with Crippen LogP contribution in [0.15, 0.2) is 24.3 Å². The summed E-state index contributed by atoms with van der Waals surface area (Å²) >= 11 is 0. The van der Waals surface area contributed by atoms with Gasteiger partial charge in [0.2, 0.25) is 0 Å². The highest BCUT2D eigenvalue weighted by Gasteiger charge is 2.13. The van der Waals surface area contributed by atoms with Crippen molar-refractivity contribution in [2.24, 2.45) is 0 Å². The molecule has 0 aromatic heterocycles. The summed E-state index contributed by atoms with van der Waals surface area (Å²) in [6.45, 7) is 8.62. The number of benzene rings is 1. The molecule has 0 radical (unpaired) electrons. The Morgan fingerprint density at radius 3 is 2.50 bits per heavy atom. The third kappa shape index (κ3) is 4.33. The van der Waals surface area contributed by atoms with Crippen LogP contribution in [0.5, 0.6) is 0 Å². The Hall–Kier alpha value is -0.860. The highest BCUT2D eigenvalue weighted by molar-refractivity contribution is 5.28. The smallest absolute Gasteiger partial charge is 0.0718 e. The predicted molar refractivity (Wildman–Crippen MR) is 66.7 cm³/mol. The SMILES string of the molecule is COCCOCc1cccc(C(C)(C)C)c1. The van der Waals surface area contributed by atoms with Gasteiger partial charge in [0.25, 0.3) is 0 Å². The van der Waals surface area contributed by atoms with Crippen molar-refractivity contribution in [2.75, 3.05) is 20.3 Å². The van der Waals surface area contributed by atoms with Crippen LogP contribution in [0.1, 0.15) is 31.9 Å². The van der Waals surface area contributed by atoms with Gasteiger partial charge in [0, 0.05) is 7.11 Å². The molecule has 0 saturated heterocycles. The summed E-state index contributed by atoms with van der Waals surface area (Å²) in [7, 11) is 1.68. The Morgan fingerprint density at radius 1 is 1.12 bits per heavy atom. The van der Waals surface area contributed by atoms with Crippen molar-refractivity contribution >= 4 is 0 Å². The quantitative estimate of drug-likeness (QED) is 0.712. The zero-order chi connectivity index (χ0) is 12.0. The van der Waals surface area contributed by atoms with Gasteiger partial charge in [-0.1, -0.05) is 45.0 Å². The lowest BCUT2D eigenvalue weighted by atomic mass is 9.86. The highest BCUT2D eigenvalue weighted by atomic mass is 16.5. The molecule has 2 heteroatoms. The largest absolute Gasteiger partial charge is 0.382 e. The molecule has 0 atom stereocenters.